The van der Waals surface area contributed by atoms with Crippen LogP contribution in [0.5, 0.6) is 0 Å². The third kappa shape index (κ3) is 9.63. The maximum atomic E-state index is 13.9. The number of aryl methyl sites for hydroxylation is 1. The van der Waals surface area contributed by atoms with Crippen molar-refractivity contribution in [3.8, 4) is 0 Å². The van der Waals surface area contributed by atoms with Gasteiger partial charge in [-0.3, -0.25) is 13.9 Å². The lowest BCUT2D eigenvalue weighted by atomic mass is 10.0. The number of hydrogen-bond donors (Lipinski definition) is 1. The molecule has 0 aliphatic rings. The van der Waals surface area contributed by atoms with Crippen LogP contribution in [0.3, 0.4) is 0 Å². The van der Waals surface area contributed by atoms with E-state index in [0.717, 1.165) is 23.8 Å². The van der Waals surface area contributed by atoms with E-state index in [1.807, 2.05) is 37.3 Å². The van der Waals surface area contributed by atoms with Gasteiger partial charge in [0, 0.05) is 47.5 Å². The minimum atomic E-state index is -3.66. The summed E-state index contributed by atoms with van der Waals surface area (Å²) in [7, 11) is -3.66. The first-order valence-electron chi connectivity index (χ1n) is 13.7. The zero-order valence-electron chi connectivity index (χ0n) is 23.9. The second-order valence-electron chi connectivity index (χ2n) is 10.1. The maximum absolute atomic E-state index is 13.9. The molecule has 2 amide bonds. The van der Waals surface area contributed by atoms with E-state index in [-0.39, 0.29) is 37.7 Å². The van der Waals surface area contributed by atoms with Crippen LogP contribution in [-0.2, 0) is 32.6 Å². The van der Waals surface area contributed by atoms with Crippen LogP contribution < -0.4 is 9.62 Å². The molecule has 0 unspecified atom stereocenters. The molecule has 0 aromatic heterocycles. The predicted molar refractivity (Wildman–Crippen MR) is 172 cm³/mol. The van der Waals surface area contributed by atoms with Crippen LogP contribution in [0, 0.1) is 6.92 Å². The Morgan fingerprint density at radius 2 is 1.62 bits per heavy atom. The molecule has 11 heteroatoms. The molecule has 226 valence electrons. The lowest BCUT2D eigenvalue weighted by molar-refractivity contribution is -0.141. The quantitative estimate of drug-likeness (QED) is 0.211. The molecule has 0 fully saturated rings. The van der Waals surface area contributed by atoms with Crippen LogP contribution in [0.4, 0.5) is 5.69 Å². The summed E-state index contributed by atoms with van der Waals surface area (Å²) in [5.41, 5.74) is 2.74. The van der Waals surface area contributed by atoms with E-state index in [2.05, 4.69) is 5.32 Å². The molecular formula is C31H36Cl3N3O4S. The zero-order chi connectivity index (χ0) is 30.9. The highest BCUT2D eigenvalue weighted by molar-refractivity contribution is 7.92. The van der Waals surface area contributed by atoms with E-state index in [4.69, 9.17) is 34.8 Å². The third-order valence-corrected chi connectivity index (χ3v) is 8.77. The average molecular weight is 653 g/mol. The lowest BCUT2D eigenvalue weighted by Crippen LogP contribution is -2.50. The standard InChI is InChI=1S/C31H36Cl3N3O4S/c1-4-16-35-31(39)29(18-23-9-6-5-7-10-23)36(21-24-13-15-25(32)19-27(24)34)30(38)11-8-17-37(42(3,40)41)28-20-26(33)14-12-22(28)2/h5-7,9-10,12-15,19-20,29H,4,8,11,16-18,21H2,1-3H3,(H,35,39)/t29-/m0/s1. The highest BCUT2D eigenvalue weighted by Gasteiger charge is 2.31. The highest BCUT2D eigenvalue weighted by Crippen LogP contribution is 2.28. The number of nitrogens with one attached hydrogen (secondary N) is 1. The Balaban J connectivity index is 1.92. The Morgan fingerprint density at radius 3 is 2.26 bits per heavy atom. The highest BCUT2D eigenvalue weighted by atomic mass is 35.5. The summed E-state index contributed by atoms with van der Waals surface area (Å²) in [5, 5.41) is 4.19. The Hall–Kier alpha value is -2.78. The number of hydrogen-bond acceptors (Lipinski definition) is 4. The molecule has 42 heavy (non-hydrogen) atoms. The van der Waals surface area contributed by atoms with Gasteiger partial charge < -0.3 is 10.2 Å². The van der Waals surface area contributed by atoms with Crippen LogP contribution >= 0.6 is 34.8 Å². The number of halogens is 3. The first-order valence-corrected chi connectivity index (χ1v) is 16.7. The van der Waals surface area contributed by atoms with Crippen LogP contribution in [0.2, 0.25) is 15.1 Å². The normalized spacial score (nSPS) is 12.0. The van der Waals surface area contributed by atoms with Gasteiger partial charge in [0.05, 0.1) is 11.9 Å². The number of rotatable bonds is 14. The van der Waals surface area contributed by atoms with E-state index >= 15 is 0 Å². The summed E-state index contributed by atoms with van der Waals surface area (Å²) < 4.78 is 26.7. The Kier molecular flexibility index (Phi) is 12.5. The first-order chi connectivity index (χ1) is 19.9. The molecule has 0 aliphatic carbocycles. The summed E-state index contributed by atoms with van der Waals surface area (Å²) in [6.45, 7) is 4.37. The van der Waals surface area contributed by atoms with E-state index < -0.39 is 16.1 Å². The Labute approximate surface area is 263 Å². The molecular weight excluding hydrogens is 617 g/mol. The van der Waals surface area contributed by atoms with Gasteiger partial charge in [-0.2, -0.15) is 0 Å². The average Bonchev–Trinajstić information content (AvgIpc) is 2.94. The van der Waals surface area contributed by atoms with Crippen molar-refractivity contribution in [3.05, 3.63) is 98.5 Å². The number of nitrogens with zero attached hydrogens (tertiary/aromatic N) is 2. The third-order valence-electron chi connectivity index (χ3n) is 6.77. The topological polar surface area (TPSA) is 86.8 Å². The summed E-state index contributed by atoms with van der Waals surface area (Å²) in [6.07, 6.45) is 2.38. The Bertz CT molecular complexity index is 1490. The summed E-state index contributed by atoms with van der Waals surface area (Å²) >= 11 is 18.8. The molecule has 1 N–H and O–H groups in total. The number of carbonyl (C=O) groups excluding carboxylic acids is 2. The monoisotopic (exact) mass is 651 g/mol. The molecule has 3 rings (SSSR count). The van der Waals surface area contributed by atoms with Gasteiger partial charge in [-0.05, 0) is 60.7 Å². The van der Waals surface area contributed by atoms with Crippen molar-refractivity contribution in [1.82, 2.24) is 10.2 Å². The summed E-state index contributed by atoms with van der Waals surface area (Å²) in [5.74, 6) is -0.573. The van der Waals surface area contributed by atoms with Gasteiger partial charge in [-0.25, -0.2) is 8.42 Å². The fourth-order valence-electron chi connectivity index (χ4n) is 4.59. The minimum absolute atomic E-state index is 0.00316. The van der Waals surface area contributed by atoms with Crippen molar-refractivity contribution in [1.29, 1.82) is 0 Å². The zero-order valence-corrected chi connectivity index (χ0v) is 27.0. The van der Waals surface area contributed by atoms with E-state index in [1.165, 1.54) is 9.21 Å². The number of sulfonamides is 1. The largest absolute Gasteiger partial charge is 0.354 e. The molecule has 0 bridgehead atoms. The molecule has 3 aromatic carbocycles. The molecule has 0 spiro atoms. The van der Waals surface area contributed by atoms with Crippen molar-refractivity contribution in [3.63, 3.8) is 0 Å². The smallest absolute Gasteiger partial charge is 0.243 e. The van der Waals surface area contributed by atoms with Crippen molar-refractivity contribution in [2.75, 3.05) is 23.7 Å². The molecule has 0 aliphatic heterocycles. The van der Waals surface area contributed by atoms with Gasteiger partial charge in [-0.1, -0.05) is 84.2 Å². The van der Waals surface area contributed by atoms with Crippen LogP contribution in [-0.4, -0.2) is 50.5 Å². The molecule has 3 aromatic rings. The van der Waals surface area contributed by atoms with Crippen molar-refractivity contribution in [2.45, 2.75) is 52.1 Å². The van der Waals surface area contributed by atoms with E-state index in [9.17, 15) is 18.0 Å². The molecule has 1 atom stereocenters. The molecule has 7 nitrogen and oxygen atoms in total. The number of carbonyl (C=O) groups is 2. The number of anilines is 1. The van der Waals surface area contributed by atoms with Gasteiger partial charge >= 0.3 is 0 Å². The number of benzene rings is 3. The molecule has 0 heterocycles. The van der Waals surface area contributed by atoms with Gasteiger partial charge in [-0.15, -0.1) is 0 Å². The van der Waals surface area contributed by atoms with Gasteiger partial charge in [0.15, 0.2) is 0 Å². The van der Waals surface area contributed by atoms with Gasteiger partial charge in [0.1, 0.15) is 6.04 Å². The Morgan fingerprint density at radius 1 is 0.952 bits per heavy atom. The first kappa shape index (κ1) is 33.7. The van der Waals surface area contributed by atoms with Crippen molar-refractivity contribution in [2.24, 2.45) is 0 Å². The second kappa shape index (κ2) is 15.6. The van der Waals surface area contributed by atoms with E-state index in [0.29, 0.717) is 39.3 Å². The van der Waals surface area contributed by atoms with Gasteiger partial charge in [0.25, 0.3) is 0 Å². The fourth-order valence-corrected chi connectivity index (χ4v) is 6.24. The van der Waals surface area contributed by atoms with E-state index in [1.54, 1.807) is 43.3 Å². The molecule has 0 saturated carbocycles. The molecule has 0 radical (unpaired) electrons. The maximum Gasteiger partial charge on any atom is 0.243 e. The minimum Gasteiger partial charge on any atom is -0.354 e. The molecule has 0 saturated heterocycles. The predicted octanol–water partition coefficient (Wildman–Crippen LogP) is 6.67. The lowest BCUT2D eigenvalue weighted by Gasteiger charge is -2.32. The fraction of sp³-hybridized carbons (Fsp3) is 0.355. The SMILES string of the molecule is CCCNC(=O)[C@H](Cc1ccccc1)N(Cc1ccc(Cl)cc1Cl)C(=O)CCCN(c1cc(Cl)ccc1C)S(C)(=O)=O. The van der Waals surface area contributed by atoms with Crippen molar-refractivity contribution >= 4 is 62.3 Å². The number of amides is 2. The van der Waals surface area contributed by atoms with Crippen LogP contribution in [0.25, 0.3) is 0 Å². The van der Waals surface area contributed by atoms with Crippen molar-refractivity contribution < 1.29 is 18.0 Å². The summed E-state index contributed by atoms with van der Waals surface area (Å²) in [4.78, 5) is 28.9. The van der Waals surface area contributed by atoms with Gasteiger partial charge in [0.2, 0.25) is 21.8 Å². The summed E-state index contributed by atoms with van der Waals surface area (Å²) in [6, 6.07) is 18.7. The van der Waals surface area contributed by atoms with Crippen LogP contribution in [0.15, 0.2) is 66.7 Å². The second-order valence-corrected chi connectivity index (χ2v) is 13.3. The van der Waals surface area contributed by atoms with Crippen LogP contribution in [0.1, 0.15) is 42.9 Å².